The minimum atomic E-state index is -0.958. The second kappa shape index (κ2) is 19.2. The van der Waals surface area contributed by atoms with E-state index in [9.17, 15) is 14.7 Å². The van der Waals surface area contributed by atoms with Crippen molar-refractivity contribution in [3.05, 3.63) is 0 Å². The molecule has 0 radical (unpaired) electrons. The summed E-state index contributed by atoms with van der Waals surface area (Å²) < 4.78 is 5.10. The summed E-state index contributed by atoms with van der Waals surface area (Å²) in [5, 5.41) is 15.5. The number of rotatable bonds is 20. The van der Waals surface area contributed by atoms with Gasteiger partial charge in [0.15, 0.2) is 6.29 Å². The summed E-state index contributed by atoms with van der Waals surface area (Å²) in [5.41, 5.74) is 0. The summed E-state index contributed by atoms with van der Waals surface area (Å²) in [6.45, 7) is 6.77. The Morgan fingerprint density at radius 2 is 1.39 bits per heavy atom. The average molecular weight is 469 g/mol. The Hall–Kier alpha value is -1.14. The molecule has 2 amide bonds. The Bertz CT molecular complexity index is 512. The third-order valence-electron chi connectivity index (χ3n) is 6.51. The lowest BCUT2D eigenvalue weighted by molar-refractivity contribution is -0.131. The number of unbranched alkanes of at least 4 members (excludes halogenated alkanes) is 13. The zero-order valence-electron chi connectivity index (χ0n) is 21.7. The highest BCUT2D eigenvalue weighted by atomic mass is 16.6. The van der Waals surface area contributed by atoms with E-state index < -0.39 is 18.4 Å². The molecule has 3 atom stereocenters. The van der Waals surface area contributed by atoms with E-state index in [0.717, 1.165) is 12.8 Å². The van der Waals surface area contributed by atoms with Gasteiger partial charge in [0.25, 0.3) is 0 Å². The Balaban J connectivity index is 2.07. The predicted molar refractivity (Wildman–Crippen MR) is 135 cm³/mol. The Morgan fingerprint density at radius 3 is 1.85 bits per heavy atom. The van der Waals surface area contributed by atoms with Gasteiger partial charge >= 0.3 is 0 Å². The fourth-order valence-electron chi connectivity index (χ4n) is 4.45. The molecule has 0 aromatic carbocycles. The third kappa shape index (κ3) is 15.4. The number of amides is 2. The average Bonchev–Trinajstić information content (AvgIpc) is 3.17. The van der Waals surface area contributed by atoms with Crippen molar-refractivity contribution in [1.29, 1.82) is 0 Å². The topological polar surface area (TPSA) is 87.7 Å². The first-order valence-corrected chi connectivity index (χ1v) is 13.8. The molecule has 0 spiro atoms. The molecule has 1 aliphatic rings. The zero-order chi connectivity index (χ0) is 24.3. The molecule has 0 bridgehead atoms. The number of carbonyl (C=O) groups excluding carboxylic acids is 2. The van der Waals surface area contributed by atoms with Crippen molar-refractivity contribution in [3.63, 3.8) is 0 Å². The first kappa shape index (κ1) is 29.9. The van der Waals surface area contributed by atoms with E-state index in [4.69, 9.17) is 4.74 Å². The van der Waals surface area contributed by atoms with E-state index in [-0.39, 0.29) is 17.7 Å². The van der Waals surface area contributed by atoms with E-state index in [1.807, 2.05) is 13.8 Å². The maximum atomic E-state index is 12.6. The number of ether oxygens (including phenoxy) is 1. The van der Waals surface area contributed by atoms with Crippen molar-refractivity contribution in [2.75, 3.05) is 6.61 Å². The lowest BCUT2D eigenvalue weighted by Crippen LogP contribution is -2.51. The van der Waals surface area contributed by atoms with Crippen LogP contribution in [0.4, 0.5) is 0 Å². The molecule has 6 heteroatoms. The van der Waals surface area contributed by atoms with Gasteiger partial charge in [0, 0.05) is 6.42 Å². The van der Waals surface area contributed by atoms with Crippen LogP contribution in [0.3, 0.4) is 0 Å². The normalized spacial score (nSPS) is 19.1. The van der Waals surface area contributed by atoms with Crippen molar-refractivity contribution in [3.8, 4) is 0 Å². The Labute approximate surface area is 203 Å². The second-order valence-electron chi connectivity index (χ2n) is 10.3. The van der Waals surface area contributed by atoms with E-state index in [1.54, 1.807) is 0 Å². The number of aliphatic hydroxyl groups excluding tert-OH is 1. The molecule has 1 saturated heterocycles. The molecular formula is C27H52N2O4. The predicted octanol–water partition coefficient (Wildman–Crippen LogP) is 5.61. The molecule has 0 aromatic heterocycles. The molecule has 1 aliphatic heterocycles. The van der Waals surface area contributed by atoms with Gasteiger partial charge < -0.3 is 20.5 Å². The molecule has 33 heavy (non-hydrogen) atoms. The Kier molecular flexibility index (Phi) is 17.4. The highest BCUT2D eigenvalue weighted by Gasteiger charge is 2.30. The number of hydrogen-bond donors (Lipinski definition) is 3. The van der Waals surface area contributed by atoms with Crippen LogP contribution in [0.2, 0.25) is 0 Å². The van der Waals surface area contributed by atoms with Crippen molar-refractivity contribution in [1.82, 2.24) is 10.6 Å². The van der Waals surface area contributed by atoms with Crippen LogP contribution in [0.1, 0.15) is 130 Å². The summed E-state index contributed by atoms with van der Waals surface area (Å²) in [4.78, 5) is 25.0. The molecule has 3 N–H and O–H groups in total. The SMILES string of the molecule is CCCCCCCCCCCCCCCCC(=O)N[C@@H](CC(C)C)C(=O)N[C@H]1CCOC1O. The second-order valence-corrected chi connectivity index (χ2v) is 10.3. The largest absolute Gasteiger partial charge is 0.366 e. The van der Waals surface area contributed by atoms with Crippen LogP contribution < -0.4 is 10.6 Å². The lowest BCUT2D eigenvalue weighted by Gasteiger charge is -2.23. The molecular weight excluding hydrogens is 416 g/mol. The minimum absolute atomic E-state index is 0.0574. The van der Waals surface area contributed by atoms with E-state index in [2.05, 4.69) is 17.6 Å². The summed E-state index contributed by atoms with van der Waals surface area (Å²) in [5.74, 6) is -0.00243. The summed E-state index contributed by atoms with van der Waals surface area (Å²) in [6.07, 6.45) is 18.7. The van der Waals surface area contributed by atoms with Crippen molar-refractivity contribution >= 4 is 11.8 Å². The monoisotopic (exact) mass is 468 g/mol. The standard InChI is InChI=1S/C27H52N2O4/c1-4-5-6-7-8-9-10-11-12-13-14-15-16-17-18-25(30)28-24(21-22(2)3)26(31)29-23-19-20-33-27(23)32/h22-24,27,32H,4-21H2,1-3H3,(H,28,30)(H,29,31)/t23-,24-,27?/m0/s1. The fourth-order valence-corrected chi connectivity index (χ4v) is 4.45. The molecule has 1 rings (SSSR count). The summed E-state index contributed by atoms with van der Waals surface area (Å²) >= 11 is 0. The van der Waals surface area contributed by atoms with Gasteiger partial charge in [-0.25, -0.2) is 0 Å². The molecule has 0 aromatic rings. The summed E-state index contributed by atoms with van der Waals surface area (Å²) in [7, 11) is 0. The number of aliphatic hydroxyl groups is 1. The molecule has 1 heterocycles. The van der Waals surface area contributed by atoms with Gasteiger partial charge in [0.1, 0.15) is 6.04 Å². The minimum Gasteiger partial charge on any atom is -0.366 e. The maximum Gasteiger partial charge on any atom is 0.242 e. The van der Waals surface area contributed by atoms with Gasteiger partial charge in [-0.15, -0.1) is 0 Å². The highest BCUT2D eigenvalue weighted by molar-refractivity contribution is 5.87. The van der Waals surface area contributed by atoms with Gasteiger partial charge in [0.2, 0.25) is 11.8 Å². The smallest absolute Gasteiger partial charge is 0.242 e. The molecule has 0 aliphatic carbocycles. The number of carbonyl (C=O) groups is 2. The number of hydrogen-bond acceptors (Lipinski definition) is 4. The van der Waals surface area contributed by atoms with Gasteiger partial charge in [-0.3, -0.25) is 9.59 Å². The van der Waals surface area contributed by atoms with Crippen LogP contribution in [0, 0.1) is 5.92 Å². The molecule has 194 valence electrons. The van der Waals surface area contributed by atoms with Crippen molar-refractivity contribution in [2.24, 2.45) is 5.92 Å². The van der Waals surface area contributed by atoms with E-state index in [1.165, 1.54) is 77.0 Å². The first-order chi connectivity index (χ1) is 15.9. The van der Waals surface area contributed by atoms with Crippen LogP contribution >= 0.6 is 0 Å². The van der Waals surface area contributed by atoms with E-state index >= 15 is 0 Å². The quantitative estimate of drug-likeness (QED) is 0.203. The fraction of sp³-hybridized carbons (Fsp3) is 0.926. The number of nitrogens with one attached hydrogen (secondary N) is 2. The van der Waals surface area contributed by atoms with Crippen LogP contribution in [0.15, 0.2) is 0 Å². The van der Waals surface area contributed by atoms with Gasteiger partial charge in [-0.05, 0) is 25.2 Å². The van der Waals surface area contributed by atoms with Crippen LogP contribution in [-0.2, 0) is 14.3 Å². The Morgan fingerprint density at radius 1 is 0.879 bits per heavy atom. The molecule has 0 saturated carbocycles. The summed E-state index contributed by atoms with van der Waals surface area (Å²) in [6, 6.07) is -0.952. The molecule has 6 nitrogen and oxygen atoms in total. The highest BCUT2D eigenvalue weighted by Crippen LogP contribution is 2.14. The van der Waals surface area contributed by atoms with Crippen LogP contribution in [0.5, 0.6) is 0 Å². The van der Waals surface area contributed by atoms with E-state index in [0.29, 0.717) is 25.9 Å². The van der Waals surface area contributed by atoms with Gasteiger partial charge in [-0.1, -0.05) is 104 Å². The molecule has 1 fully saturated rings. The first-order valence-electron chi connectivity index (χ1n) is 13.8. The van der Waals surface area contributed by atoms with Gasteiger partial charge in [0.05, 0.1) is 12.6 Å². The van der Waals surface area contributed by atoms with Crippen LogP contribution in [-0.4, -0.2) is 41.9 Å². The maximum absolute atomic E-state index is 12.6. The van der Waals surface area contributed by atoms with Crippen molar-refractivity contribution in [2.45, 2.75) is 148 Å². The zero-order valence-corrected chi connectivity index (χ0v) is 21.7. The molecule has 1 unspecified atom stereocenters. The third-order valence-corrected chi connectivity index (χ3v) is 6.51. The van der Waals surface area contributed by atoms with Crippen LogP contribution in [0.25, 0.3) is 0 Å². The lowest BCUT2D eigenvalue weighted by atomic mass is 10.0. The van der Waals surface area contributed by atoms with Gasteiger partial charge in [-0.2, -0.15) is 0 Å². The van der Waals surface area contributed by atoms with Crippen molar-refractivity contribution < 1.29 is 19.4 Å².